The molecule has 0 amide bonds. The molecule has 0 saturated heterocycles. The zero-order chi connectivity index (χ0) is 58.8. The van der Waals surface area contributed by atoms with Crippen molar-refractivity contribution < 1.29 is 43.9 Å². The average Bonchev–Trinajstić information content (AvgIpc) is 1.54. The smallest absolute Gasteiger partial charge is 0.501 e. The first-order valence-corrected chi connectivity index (χ1v) is 26.7. The Hall–Kier alpha value is -5.57. The summed E-state index contributed by atoms with van der Waals surface area (Å²) in [5, 5.41) is 5.75. The molecule has 0 N–H and O–H groups in total. The van der Waals surface area contributed by atoms with Gasteiger partial charge < -0.3 is 19.1 Å². The fourth-order valence-corrected chi connectivity index (χ4v) is 13.9. The van der Waals surface area contributed by atoms with Gasteiger partial charge in [-0.1, -0.05) is 166 Å². The van der Waals surface area contributed by atoms with E-state index in [-0.39, 0.29) is 72.2 Å². The molecular formula is C69H72N2O2Pt. The van der Waals surface area contributed by atoms with Gasteiger partial charge in [-0.3, -0.25) is 0 Å². The average molecular weight is 1170 g/mol. The van der Waals surface area contributed by atoms with Crippen molar-refractivity contribution in [1.82, 2.24) is 9.97 Å². The number of ether oxygens (including phenoxy) is 1. The van der Waals surface area contributed by atoms with E-state index in [0.717, 1.165) is 96.5 Å². The van der Waals surface area contributed by atoms with E-state index >= 15 is 0 Å². The summed E-state index contributed by atoms with van der Waals surface area (Å²) in [5.41, 5.74) is 5.37. The van der Waals surface area contributed by atoms with Crippen molar-refractivity contribution in [3.63, 3.8) is 0 Å². The van der Waals surface area contributed by atoms with Gasteiger partial charge in [-0.25, -0.2) is 0 Å². The summed E-state index contributed by atoms with van der Waals surface area (Å²) in [6.45, 7) is 5.99. The number of nitrogens with zero attached hydrogens (tertiary/aromatic N) is 2. The molecule has 6 unspecified atom stereocenters. The standard InChI is InChI=1S/C69H72N2O2.Pt/c1-41-30-63(70-39-44(41)4)52-32-57(48-15-11-10-12-16-48)46(6)65(33-52)72-53-34-60-59-31-51-20-19-49-17-13-14-18-55(49)58(51)37-66(59)73-67(60)61(35-53)64-36-56(45(5)40-71-64)54-25-28-69(9,38-43(54)3)62-22-21-50(29-42(62)2)47-23-26-68(7,8)27-24-47;/h10-20,30-32,34,36-37,39-40,42-43,47,50,54,62H,21-29,38H2,1-9H3;/q-2;+2/i1D3,4D3,6D3,47D;. The zero-order valence-corrected chi connectivity index (χ0v) is 45.7. The van der Waals surface area contributed by atoms with Gasteiger partial charge in [0.25, 0.3) is 0 Å². The summed E-state index contributed by atoms with van der Waals surface area (Å²) in [6.07, 6.45) is 14.1. The van der Waals surface area contributed by atoms with E-state index in [1.54, 1.807) is 30.3 Å². The molecule has 3 saturated carbocycles. The monoisotopic (exact) mass is 1170 g/mol. The van der Waals surface area contributed by atoms with Gasteiger partial charge in [0.05, 0.1) is 5.58 Å². The quantitative estimate of drug-likeness (QED) is 0.112. The second-order valence-corrected chi connectivity index (χ2v) is 23.4. The van der Waals surface area contributed by atoms with E-state index in [4.69, 9.17) is 26.5 Å². The summed E-state index contributed by atoms with van der Waals surface area (Å²) in [6, 6.07) is 39.2. The molecule has 9 aromatic rings. The van der Waals surface area contributed by atoms with Gasteiger partial charge in [0, 0.05) is 43.0 Å². The molecule has 0 aliphatic heterocycles. The molecule has 3 aliphatic rings. The molecule has 3 heterocycles. The molecular weight excluding hydrogens is 1080 g/mol. The number of rotatable bonds is 8. The van der Waals surface area contributed by atoms with Crippen LogP contribution in [-0.4, -0.2) is 9.97 Å². The van der Waals surface area contributed by atoms with Crippen molar-refractivity contribution in [1.29, 1.82) is 0 Å². The van der Waals surface area contributed by atoms with Crippen LogP contribution in [0.25, 0.3) is 77.1 Å². The Balaban J connectivity index is 0.00000736. The molecule has 3 fully saturated rings. The summed E-state index contributed by atoms with van der Waals surface area (Å²) >= 11 is 0. The van der Waals surface area contributed by atoms with Gasteiger partial charge in [-0.05, 0) is 198 Å². The molecule has 74 heavy (non-hydrogen) atoms. The van der Waals surface area contributed by atoms with Gasteiger partial charge in [-0.2, -0.15) is 0 Å². The molecule has 0 radical (unpaired) electrons. The van der Waals surface area contributed by atoms with Crippen LogP contribution >= 0.6 is 0 Å². The third-order valence-corrected chi connectivity index (χ3v) is 18.0. The third kappa shape index (κ3) is 9.35. The van der Waals surface area contributed by atoms with Crippen LogP contribution in [-0.2, 0) is 21.1 Å². The van der Waals surface area contributed by atoms with Gasteiger partial charge in [0.2, 0.25) is 0 Å². The van der Waals surface area contributed by atoms with Crippen molar-refractivity contribution in [2.45, 2.75) is 132 Å². The number of hydrogen-bond donors (Lipinski definition) is 0. The second kappa shape index (κ2) is 19.9. The Morgan fingerprint density at radius 3 is 2.24 bits per heavy atom. The van der Waals surface area contributed by atoms with Crippen molar-refractivity contribution >= 4 is 43.5 Å². The Morgan fingerprint density at radius 2 is 1.46 bits per heavy atom. The number of hydrogen-bond acceptors (Lipinski definition) is 4. The maximum absolute atomic E-state index is 9.66. The van der Waals surface area contributed by atoms with E-state index in [9.17, 15) is 1.37 Å². The molecule has 0 bridgehead atoms. The first-order chi connectivity index (χ1) is 39.2. The number of aromatic nitrogens is 2. The van der Waals surface area contributed by atoms with E-state index < -0.39 is 31.7 Å². The summed E-state index contributed by atoms with van der Waals surface area (Å²) < 4.78 is 100. The number of aryl methyl sites for hydroxylation is 3. The first kappa shape index (κ1) is 39.8. The van der Waals surface area contributed by atoms with Crippen LogP contribution in [0.4, 0.5) is 0 Å². The Kier molecular flexibility index (Phi) is 10.7. The Morgan fingerprint density at radius 1 is 0.689 bits per heavy atom. The number of pyridine rings is 2. The van der Waals surface area contributed by atoms with Crippen molar-refractivity contribution in [3.05, 3.63) is 155 Å². The van der Waals surface area contributed by atoms with Crippen LogP contribution in [0.15, 0.2) is 120 Å². The molecule has 6 atom stereocenters. The second-order valence-electron chi connectivity index (χ2n) is 23.4. The minimum absolute atomic E-state index is 0. The Labute approximate surface area is 468 Å². The number of furan rings is 1. The molecule has 4 nitrogen and oxygen atoms in total. The summed E-state index contributed by atoms with van der Waals surface area (Å²) in [4.78, 5) is 9.60. The fourth-order valence-electron chi connectivity index (χ4n) is 13.9. The normalized spacial score (nSPS) is 26.3. The SMILES string of the molecule is [2H]C([2H])([2H])c1cnc(-c2[c-]c(Oc3[c-]c(-c4cc(C5CCC(C)(C6CCC(C7([2H])CCC(C)(C)CC7)CC6C)CC5C)c(C)cn4)c4oc5cc6c(ccc7ccccc76)cc5c4c3)c(C([2H])([2H])[2H])c(-c3ccccc3)c2)cc1C([2H])([2H])[2H].[Pt+2]. The van der Waals surface area contributed by atoms with Crippen LogP contribution in [0.5, 0.6) is 11.5 Å². The summed E-state index contributed by atoms with van der Waals surface area (Å²) in [5.74, 6) is 2.03. The molecule has 12 rings (SSSR count). The van der Waals surface area contributed by atoms with Crippen LogP contribution in [0.3, 0.4) is 0 Å². The fraction of sp³-hybridized carbons (Fsp3) is 0.391. The first-order valence-electron chi connectivity index (χ1n) is 31.7. The van der Waals surface area contributed by atoms with Gasteiger partial charge >= 0.3 is 21.1 Å². The maximum Gasteiger partial charge on any atom is 2.00 e. The molecule has 380 valence electrons. The van der Waals surface area contributed by atoms with Crippen LogP contribution < -0.4 is 4.74 Å². The molecule has 5 heteroatoms. The Bertz CT molecular complexity index is 3970. The molecule has 3 aromatic heterocycles. The summed E-state index contributed by atoms with van der Waals surface area (Å²) in [7, 11) is 0. The van der Waals surface area contributed by atoms with Crippen LogP contribution in [0, 0.1) is 80.0 Å². The van der Waals surface area contributed by atoms with Crippen LogP contribution in [0.2, 0.25) is 0 Å². The van der Waals surface area contributed by atoms with Gasteiger partial charge in [0.15, 0.2) is 0 Å². The van der Waals surface area contributed by atoms with Crippen molar-refractivity contribution in [3.8, 4) is 45.1 Å². The van der Waals surface area contributed by atoms with E-state index in [0.29, 0.717) is 62.5 Å². The van der Waals surface area contributed by atoms with Gasteiger partial charge in [0.1, 0.15) is 5.58 Å². The zero-order valence-electron chi connectivity index (χ0n) is 53.5. The van der Waals surface area contributed by atoms with E-state index in [1.807, 2.05) is 30.5 Å². The van der Waals surface area contributed by atoms with Crippen LogP contribution in [0.1, 0.15) is 146 Å². The largest absolute Gasteiger partial charge is 2.00 e. The van der Waals surface area contributed by atoms with Crippen molar-refractivity contribution in [2.24, 2.45) is 40.4 Å². The number of benzene rings is 6. The van der Waals surface area contributed by atoms with E-state index in [2.05, 4.69) is 101 Å². The molecule has 3 aliphatic carbocycles. The van der Waals surface area contributed by atoms with Crippen molar-refractivity contribution in [2.75, 3.05) is 0 Å². The van der Waals surface area contributed by atoms with Gasteiger partial charge in [-0.15, -0.1) is 11.6 Å². The third-order valence-electron chi connectivity index (χ3n) is 18.0. The van der Waals surface area contributed by atoms with E-state index in [1.165, 1.54) is 18.1 Å². The molecule has 0 spiro atoms. The number of fused-ring (bicyclic) bond motifs is 6. The molecule has 6 aromatic carbocycles. The maximum atomic E-state index is 9.66. The minimum atomic E-state index is -2.81. The predicted molar refractivity (Wildman–Crippen MR) is 303 cm³/mol. The predicted octanol–water partition coefficient (Wildman–Crippen LogP) is 19.5. The minimum Gasteiger partial charge on any atom is -0.501 e. The topological polar surface area (TPSA) is 48.2 Å².